The number of hydrogen-bond acceptors (Lipinski definition) is 4. The van der Waals surface area contributed by atoms with Crippen LogP contribution in [0.5, 0.6) is 5.75 Å². The van der Waals surface area contributed by atoms with Gasteiger partial charge in [-0.1, -0.05) is 70.3 Å². The van der Waals surface area contributed by atoms with Crippen molar-refractivity contribution in [1.82, 2.24) is 10.3 Å². The number of nitrogens with one attached hydrogen (secondary N) is 1. The van der Waals surface area contributed by atoms with Crippen LogP contribution >= 0.6 is 11.8 Å². The molecule has 0 bridgehead atoms. The summed E-state index contributed by atoms with van der Waals surface area (Å²) in [4.78, 5) is 16.5. The van der Waals surface area contributed by atoms with Crippen molar-refractivity contribution in [1.29, 1.82) is 0 Å². The van der Waals surface area contributed by atoms with Gasteiger partial charge < -0.3 is 9.64 Å². The second kappa shape index (κ2) is 15.2. The number of thioether (sulfide) groups is 1. The Morgan fingerprint density at radius 2 is 1.55 bits per heavy atom. The molecule has 3 saturated heterocycles. The van der Waals surface area contributed by atoms with Crippen molar-refractivity contribution in [2.24, 2.45) is 11.8 Å². The zero-order valence-electron chi connectivity index (χ0n) is 26.3. The Morgan fingerprint density at radius 3 is 2.31 bits per heavy atom. The lowest BCUT2D eigenvalue weighted by atomic mass is 9.80. The molecule has 0 radical (unpaired) electrons. The zero-order valence-corrected chi connectivity index (χ0v) is 27.2. The summed E-state index contributed by atoms with van der Waals surface area (Å²) in [6.45, 7) is 5.50. The Balaban J connectivity index is 1.16. The molecule has 1 aromatic rings. The van der Waals surface area contributed by atoms with Crippen LogP contribution in [0.15, 0.2) is 18.2 Å². The van der Waals surface area contributed by atoms with Crippen LogP contribution in [0.2, 0.25) is 0 Å². The second-order valence-corrected chi connectivity index (χ2v) is 15.7. The van der Waals surface area contributed by atoms with Gasteiger partial charge in [0, 0.05) is 11.8 Å². The molecular formula is C36H58N3O2S+. The summed E-state index contributed by atoms with van der Waals surface area (Å²) in [7, 11) is 0. The van der Waals surface area contributed by atoms with Gasteiger partial charge in [-0.25, -0.2) is 4.59 Å². The molecule has 3 atom stereocenters. The van der Waals surface area contributed by atoms with Gasteiger partial charge in [0.15, 0.2) is 6.61 Å². The number of hydrogen-bond donors (Lipinski definition) is 1. The van der Waals surface area contributed by atoms with E-state index >= 15 is 0 Å². The topological polar surface area (TPSA) is 41.6 Å². The van der Waals surface area contributed by atoms with Crippen molar-refractivity contribution in [3.8, 4) is 5.75 Å². The molecule has 4 fully saturated rings. The minimum absolute atomic E-state index is 0.167. The van der Waals surface area contributed by atoms with Crippen LogP contribution in [-0.2, 0) is 17.6 Å². The largest absolute Gasteiger partial charge is 0.484 e. The molecule has 1 spiro atoms. The lowest BCUT2D eigenvalue weighted by molar-refractivity contribution is -0.958. The first-order valence-electron chi connectivity index (χ1n) is 18.0. The van der Waals surface area contributed by atoms with E-state index in [9.17, 15) is 4.79 Å². The van der Waals surface area contributed by atoms with Gasteiger partial charge in [0.25, 0.3) is 5.91 Å². The molecule has 42 heavy (non-hydrogen) atoms. The minimum Gasteiger partial charge on any atom is -0.484 e. The highest BCUT2D eigenvalue weighted by Crippen LogP contribution is 2.42. The highest BCUT2D eigenvalue weighted by atomic mass is 32.2. The van der Waals surface area contributed by atoms with Gasteiger partial charge in [-0.3, -0.25) is 4.79 Å². The Bertz CT molecular complexity index is 997. The maximum absolute atomic E-state index is 14.2. The fraction of sp³-hybridized carbons (Fsp3) is 0.806. The van der Waals surface area contributed by atoms with Crippen LogP contribution in [0.4, 0.5) is 0 Å². The monoisotopic (exact) mass is 596 g/mol. The third kappa shape index (κ3) is 7.88. The van der Waals surface area contributed by atoms with Gasteiger partial charge in [0.05, 0.1) is 19.6 Å². The van der Waals surface area contributed by atoms with E-state index in [1.807, 2.05) is 0 Å². The smallest absolute Gasteiger partial charge is 0.261 e. The van der Waals surface area contributed by atoms with Gasteiger partial charge >= 0.3 is 0 Å². The first kappa shape index (κ1) is 30.8. The van der Waals surface area contributed by atoms with E-state index in [2.05, 4.69) is 40.3 Å². The van der Waals surface area contributed by atoms with Gasteiger partial charge in [-0.15, -0.1) is 0 Å². The first-order valence-corrected chi connectivity index (χ1v) is 19.0. The third-order valence-electron chi connectivity index (χ3n) is 11.5. The summed E-state index contributed by atoms with van der Waals surface area (Å²) >= 11 is 2.17. The Kier molecular flexibility index (Phi) is 11.1. The van der Waals surface area contributed by atoms with Crippen LogP contribution < -0.4 is 10.2 Å². The van der Waals surface area contributed by atoms with Crippen molar-refractivity contribution in [3.05, 3.63) is 29.3 Å². The molecule has 3 unspecified atom stereocenters. The van der Waals surface area contributed by atoms with E-state index in [1.54, 1.807) is 0 Å². The Morgan fingerprint density at radius 1 is 0.857 bits per heavy atom. The minimum atomic E-state index is 0.167. The summed E-state index contributed by atoms with van der Waals surface area (Å²) in [6.07, 6.45) is 24.3. The standard InChI is InChI=1S/C36H58N3O2S/c40-36(28-41-33-19-18-29-16-13-17-31(29)24-33)38(32-25-37-39(27-32)21-11-7-3-4-8-12-22-39)26-35-34(20-23-42-35)30-14-9-5-1-2-6-10-15-30/h18-19,24,30,32,34-35,37H,1-17,20-23,25-28H2/q+1. The summed E-state index contributed by atoms with van der Waals surface area (Å²) in [5, 5.41) is 0.573. The molecule has 3 aliphatic heterocycles. The summed E-state index contributed by atoms with van der Waals surface area (Å²) in [5.41, 5.74) is 6.84. The molecule has 6 heteroatoms. The van der Waals surface area contributed by atoms with E-state index in [-0.39, 0.29) is 18.6 Å². The van der Waals surface area contributed by atoms with Crippen molar-refractivity contribution >= 4 is 17.7 Å². The lowest BCUT2D eigenvalue weighted by Gasteiger charge is -2.36. The van der Waals surface area contributed by atoms with Crippen molar-refractivity contribution < 1.29 is 14.1 Å². The number of carbonyl (C=O) groups excluding carboxylic acids is 1. The van der Waals surface area contributed by atoms with E-state index < -0.39 is 0 Å². The molecule has 3 heterocycles. The van der Waals surface area contributed by atoms with E-state index in [4.69, 9.17) is 4.74 Å². The molecular weight excluding hydrogens is 538 g/mol. The highest BCUT2D eigenvalue weighted by molar-refractivity contribution is 8.00. The molecule has 234 valence electrons. The highest BCUT2D eigenvalue weighted by Gasteiger charge is 2.44. The maximum Gasteiger partial charge on any atom is 0.261 e. The average molecular weight is 597 g/mol. The van der Waals surface area contributed by atoms with Crippen LogP contribution in [-0.4, -0.2) is 71.8 Å². The molecule has 1 saturated carbocycles. The molecule has 0 aromatic heterocycles. The maximum atomic E-state index is 14.2. The van der Waals surface area contributed by atoms with Crippen LogP contribution in [0.3, 0.4) is 0 Å². The van der Waals surface area contributed by atoms with Crippen LogP contribution in [0.1, 0.15) is 114 Å². The van der Waals surface area contributed by atoms with Crippen LogP contribution in [0.25, 0.3) is 0 Å². The summed E-state index contributed by atoms with van der Waals surface area (Å²) in [6, 6.07) is 6.77. The van der Waals surface area contributed by atoms with E-state index in [0.29, 0.717) is 5.25 Å². The number of ether oxygens (including phenoxy) is 1. The number of amides is 1. The van der Waals surface area contributed by atoms with Crippen molar-refractivity contribution in [2.75, 3.05) is 45.1 Å². The molecule has 2 aliphatic carbocycles. The van der Waals surface area contributed by atoms with Crippen molar-refractivity contribution in [3.63, 3.8) is 0 Å². The predicted molar refractivity (Wildman–Crippen MR) is 175 cm³/mol. The number of quaternary nitrogens is 1. The third-order valence-corrected chi connectivity index (χ3v) is 12.9. The van der Waals surface area contributed by atoms with E-state index in [0.717, 1.165) is 48.2 Å². The number of carbonyl (C=O) groups is 1. The predicted octanol–water partition coefficient (Wildman–Crippen LogP) is 7.31. The number of fused-ring (bicyclic) bond motifs is 1. The second-order valence-electron chi connectivity index (χ2n) is 14.4. The number of aryl methyl sites for hydroxylation is 2. The zero-order chi connectivity index (χ0) is 28.6. The SMILES string of the molecule is O=C(COc1ccc2c(c1)CCC2)N(CC1SCCC1C1CCCCCCCC1)C1CN[N+]2(CCCCCCCC2)C1. The Hall–Kier alpha value is -1.24. The molecule has 1 amide bonds. The average Bonchev–Trinajstić information content (AvgIpc) is 3.77. The van der Waals surface area contributed by atoms with Crippen LogP contribution in [0, 0.1) is 11.8 Å². The quantitative estimate of drug-likeness (QED) is 0.335. The lowest BCUT2D eigenvalue weighted by Crippen LogP contribution is -2.56. The summed E-state index contributed by atoms with van der Waals surface area (Å²) in [5.74, 6) is 3.95. The Labute approximate surface area is 260 Å². The number of benzene rings is 1. The molecule has 1 aromatic carbocycles. The van der Waals surface area contributed by atoms with Gasteiger partial charge in [-0.2, -0.15) is 17.2 Å². The normalized spacial score (nSPS) is 29.1. The van der Waals surface area contributed by atoms with E-state index in [1.165, 1.54) is 139 Å². The molecule has 6 rings (SSSR count). The fourth-order valence-corrected chi connectivity index (χ4v) is 10.6. The van der Waals surface area contributed by atoms with Gasteiger partial charge in [0.1, 0.15) is 18.3 Å². The van der Waals surface area contributed by atoms with Crippen molar-refractivity contribution in [2.45, 2.75) is 127 Å². The number of rotatable bonds is 7. The molecule has 5 aliphatic rings. The molecule has 5 nitrogen and oxygen atoms in total. The van der Waals surface area contributed by atoms with Gasteiger partial charge in [-0.05, 0) is 92.2 Å². The number of nitrogens with zero attached hydrogens (tertiary/aromatic N) is 2. The fourth-order valence-electron chi connectivity index (χ4n) is 9.03. The molecule has 1 N–H and O–H groups in total. The van der Waals surface area contributed by atoms with Gasteiger partial charge in [0.2, 0.25) is 0 Å². The summed E-state index contributed by atoms with van der Waals surface area (Å²) < 4.78 is 7.27. The first-order chi connectivity index (χ1) is 20.7.